The molecular weight excluding hydrogens is 292 g/mol. The van der Waals surface area contributed by atoms with E-state index in [1.165, 1.54) is 4.90 Å². The Morgan fingerprint density at radius 3 is 2.43 bits per heavy atom. The summed E-state index contributed by atoms with van der Waals surface area (Å²) in [4.78, 5) is 28.7. The van der Waals surface area contributed by atoms with Crippen molar-refractivity contribution in [3.05, 3.63) is 47.8 Å². The number of hydrogen-bond donors (Lipinski definition) is 0. The van der Waals surface area contributed by atoms with Crippen molar-refractivity contribution < 1.29 is 9.59 Å². The maximum Gasteiger partial charge on any atom is 0.332 e. The molecule has 2 aliphatic heterocycles. The number of aromatic nitrogens is 2. The second-order valence-corrected chi connectivity index (χ2v) is 6.16. The van der Waals surface area contributed by atoms with E-state index >= 15 is 0 Å². The number of aryl methyl sites for hydroxylation is 2. The SMILES string of the molecule is Cc1nn(C)cc1N1C(=O)[C@@H]2CC[C@@H](c3ccccc3)N2C1=O. The van der Waals surface area contributed by atoms with E-state index in [0.29, 0.717) is 17.8 Å². The zero-order valence-electron chi connectivity index (χ0n) is 13.1. The minimum atomic E-state index is -0.354. The third-order valence-electron chi connectivity index (χ3n) is 4.72. The van der Waals surface area contributed by atoms with Gasteiger partial charge >= 0.3 is 6.03 Å². The molecule has 1 aromatic heterocycles. The van der Waals surface area contributed by atoms with Gasteiger partial charge in [-0.1, -0.05) is 30.3 Å². The molecule has 0 saturated carbocycles. The van der Waals surface area contributed by atoms with Crippen LogP contribution in [-0.4, -0.2) is 32.7 Å². The molecular formula is C17H18N4O2. The molecule has 6 nitrogen and oxygen atoms in total. The predicted octanol–water partition coefficient (Wildman–Crippen LogP) is 2.40. The molecule has 4 rings (SSSR count). The van der Waals surface area contributed by atoms with E-state index in [-0.39, 0.29) is 24.0 Å². The Morgan fingerprint density at radius 2 is 1.78 bits per heavy atom. The summed E-state index contributed by atoms with van der Waals surface area (Å²) in [5, 5.41) is 4.25. The molecule has 2 saturated heterocycles. The summed E-state index contributed by atoms with van der Waals surface area (Å²) in [7, 11) is 1.79. The number of carbonyl (C=O) groups is 2. The first-order valence-electron chi connectivity index (χ1n) is 7.79. The first-order chi connectivity index (χ1) is 11.1. The van der Waals surface area contributed by atoms with Crippen LogP contribution < -0.4 is 4.90 Å². The summed E-state index contributed by atoms with van der Waals surface area (Å²) in [5.41, 5.74) is 2.36. The van der Waals surface area contributed by atoms with Crippen LogP contribution in [0.1, 0.15) is 30.1 Å². The van der Waals surface area contributed by atoms with Gasteiger partial charge in [0.25, 0.3) is 5.91 Å². The first kappa shape index (κ1) is 14.0. The number of fused-ring (bicyclic) bond motifs is 1. The van der Waals surface area contributed by atoms with Crippen molar-refractivity contribution in [2.24, 2.45) is 7.05 Å². The average molecular weight is 310 g/mol. The second-order valence-electron chi connectivity index (χ2n) is 6.16. The van der Waals surface area contributed by atoms with Crippen LogP contribution in [0.3, 0.4) is 0 Å². The van der Waals surface area contributed by atoms with Crippen LogP contribution in [0.15, 0.2) is 36.5 Å². The number of hydrogen-bond acceptors (Lipinski definition) is 3. The fourth-order valence-electron chi connectivity index (χ4n) is 3.71. The molecule has 1 aromatic carbocycles. The van der Waals surface area contributed by atoms with Gasteiger partial charge < -0.3 is 4.90 Å². The Kier molecular flexibility index (Phi) is 3.01. The normalized spacial score (nSPS) is 23.7. The summed E-state index contributed by atoms with van der Waals surface area (Å²) in [6.07, 6.45) is 3.26. The maximum atomic E-state index is 12.9. The van der Waals surface area contributed by atoms with Crippen LogP contribution in [0.2, 0.25) is 0 Å². The molecule has 23 heavy (non-hydrogen) atoms. The van der Waals surface area contributed by atoms with E-state index in [9.17, 15) is 9.59 Å². The van der Waals surface area contributed by atoms with Gasteiger partial charge in [-0.2, -0.15) is 5.10 Å². The van der Waals surface area contributed by atoms with Crippen LogP contribution in [0.25, 0.3) is 0 Å². The van der Waals surface area contributed by atoms with Crippen LogP contribution in [-0.2, 0) is 11.8 Å². The van der Waals surface area contributed by atoms with Crippen molar-refractivity contribution in [1.29, 1.82) is 0 Å². The lowest BCUT2D eigenvalue weighted by Gasteiger charge is -2.23. The highest BCUT2D eigenvalue weighted by molar-refractivity contribution is 6.21. The molecule has 0 bridgehead atoms. The van der Waals surface area contributed by atoms with Crippen molar-refractivity contribution >= 4 is 17.6 Å². The molecule has 2 aliphatic rings. The quantitative estimate of drug-likeness (QED) is 0.800. The van der Waals surface area contributed by atoms with Gasteiger partial charge in [-0.05, 0) is 25.3 Å². The second kappa shape index (κ2) is 4.94. The van der Waals surface area contributed by atoms with E-state index in [0.717, 1.165) is 12.0 Å². The minimum absolute atomic E-state index is 0.0281. The van der Waals surface area contributed by atoms with Gasteiger partial charge in [0.05, 0.1) is 17.4 Å². The molecule has 2 fully saturated rings. The standard InChI is InChI=1S/C17H18N4O2/c1-11-15(10-19(2)18-11)21-16(22)14-9-8-13(20(14)17(21)23)12-6-4-3-5-7-12/h3-7,10,13-14H,8-9H2,1-2H3/t13-,14-/m0/s1. The highest BCUT2D eigenvalue weighted by Gasteiger charge is 2.53. The molecule has 2 atom stereocenters. The van der Waals surface area contributed by atoms with Crippen molar-refractivity contribution in [2.75, 3.05) is 4.90 Å². The Labute approximate surface area is 134 Å². The minimum Gasteiger partial charge on any atom is -0.305 e. The van der Waals surface area contributed by atoms with Gasteiger partial charge in [0.1, 0.15) is 6.04 Å². The molecule has 0 aliphatic carbocycles. The van der Waals surface area contributed by atoms with Crippen LogP contribution in [0, 0.1) is 6.92 Å². The fraction of sp³-hybridized carbons (Fsp3) is 0.353. The number of benzene rings is 1. The Hall–Kier alpha value is -2.63. The van der Waals surface area contributed by atoms with Gasteiger partial charge in [-0.25, -0.2) is 9.69 Å². The van der Waals surface area contributed by atoms with Crippen LogP contribution in [0.4, 0.5) is 10.5 Å². The number of amides is 3. The topological polar surface area (TPSA) is 58.4 Å². The van der Waals surface area contributed by atoms with Gasteiger partial charge in [0, 0.05) is 13.2 Å². The van der Waals surface area contributed by atoms with Crippen molar-refractivity contribution in [3.8, 4) is 0 Å². The van der Waals surface area contributed by atoms with Crippen molar-refractivity contribution in [2.45, 2.75) is 31.8 Å². The molecule has 0 radical (unpaired) electrons. The predicted molar refractivity (Wildman–Crippen MR) is 84.9 cm³/mol. The summed E-state index contributed by atoms with van der Waals surface area (Å²) < 4.78 is 1.63. The molecule has 0 spiro atoms. The summed E-state index contributed by atoms with van der Waals surface area (Å²) in [6.45, 7) is 1.81. The largest absolute Gasteiger partial charge is 0.332 e. The Balaban J connectivity index is 1.72. The lowest BCUT2D eigenvalue weighted by molar-refractivity contribution is -0.119. The van der Waals surface area contributed by atoms with Crippen LogP contribution >= 0.6 is 0 Å². The third kappa shape index (κ3) is 1.98. The van der Waals surface area contributed by atoms with Gasteiger partial charge in [-0.15, -0.1) is 0 Å². The van der Waals surface area contributed by atoms with Crippen molar-refractivity contribution in [3.63, 3.8) is 0 Å². The van der Waals surface area contributed by atoms with Gasteiger partial charge in [-0.3, -0.25) is 9.48 Å². The summed E-state index contributed by atoms with van der Waals surface area (Å²) in [6, 6.07) is 9.31. The molecule has 6 heteroatoms. The van der Waals surface area contributed by atoms with E-state index in [2.05, 4.69) is 5.10 Å². The Bertz CT molecular complexity index is 783. The summed E-state index contributed by atoms with van der Waals surface area (Å²) >= 11 is 0. The highest BCUT2D eigenvalue weighted by Crippen LogP contribution is 2.42. The molecule has 0 unspecified atom stereocenters. The van der Waals surface area contributed by atoms with E-state index in [1.54, 1.807) is 22.8 Å². The number of anilines is 1. The molecule has 0 N–H and O–H groups in total. The van der Waals surface area contributed by atoms with E-state index in [4.69, 9.17) is 0 Å². The number of rotatable bonds is 2. The lowest BCUT2D eigenvalue weighted by atomic mass is 10.0. The zero-order chi connectivity index (χ0) is 16.1. The van der Waals surface area contributed by atoms with Crippen LogP contribution in [0.5, 0.6) is 0 Å². The van der Waals surface area contributed by atoms with E-state index in [1.807, 2.05) is 37.3 Å². The zero-order valence-corrected chi connectivity index (χ0v) is 13.1. The van der Waals surface area contributed by atoms with E-state index < -0.39 is 0 Å². The highest BCUT2D eigenvalue weighted by atomic mass is 16.2. The maximum absolute atomic E-state index is 12.9. The van der Waals surface area contributed by atoms with Gasteiger partial charge in [0.2, 0.25) is 0 Å². The number of urea groups is 1. The number of nitrogens with zero attached hydrogens (tertiary/aromatic N) is 4. The number of imide groups is 1. The fourth-order valence-corrected chi connectivity index (χ4v) is 3.71. The Morgan fingerprint density at radius 1 is 1.09 bits per heavy atom. The first-order valence-corrected chi connectivity index (χ1v) is 7.79. The smallest absolute Gasteiger partial charge is 0.305 e. The molecule has 118 valence electrons. The summed E-state index contributed by atoms with van der Waals surface area (Å²) in [5.74, 6) is -0.135. The van der Waals surface area contributed by atoms with Gasteiger partial charge in [0.15, 0.2) is 0 Å². The van der Waals surface area contributed by atoms with Crippen molar-refractivity contribution in [1.82, 2.24) is 14.7 Å². The molecule has 3 amide bonds. The lowest BCUT2D eigenvalue weighted by Crippen LogP contribution is -2.34. The number of carbonyl (C=O) groups excluding carboxylic acids is 2. The average Bonchev–Trinajstić information content (AvgIpc) is 3.17. The monoisotopic (exact) mass is 310 g/mol. The molecule has 2 aromatic rings. The third-order valence-corrected chi connectivity index (χ3v) is 4.72. The molecule has 3 heterocycles.